The lowest BCUT2D eigenvalue weighted by atomic mass is 9.87. The van der Waals surface area contributed by atoms with Crippen molar-refractivity contribution in [3.8, 4) is 0 Å². The quantitative estimate of drug-likeness (QED) is 0.613. The first-order valence-corrected chi connectivity index (χ1v) is 5.79. The molecule has 1 aromatic heterocycles. The molecule has 16 heavy (non-hydrogen) atoms. The van der Waals surface area contributed by atoms with Crippen molar-refractivity contribution in [1.82, 2.24) is 9.97 Å². The molecule has 1 atom stereocenters. The summed E-state index contributed by atoms with van der Waals surface area (Å²) in [6.45, 7) is 8.36. The smallest absolute Gasteiger partial charge is 0.331 e. The molecule has 1 rings (SSSR count). The summed E-state index contributed by atoms with van der Waals surface area (Å²) in [6, 6.07) is 0. The minimum absolute atomic E-state index is 0.00572. The van der Waals surface area contributed by atoms with Gasteiger partial charge in [0, 0.05) is 11.4 Å². The molecule has 0 spiro atoms. The van der Waals surface area contributed by atoms with Crippen molar-refractivity contribution < 1.29 is 4.65 Å². The zero-order chi connectivity index (χ0) is 12.4. The van der Waals surface area contributed by atoms with Gasteiger partial charge in [-0.05, 0) is 13.8 Å². The molecule has 1 aromatic rings. The largest absolute Gasteiger partial charge is 0.427 e. The van der Waals surface area contributed by atoms with Crippen LogP contribution in [-0.2, 0) is 4.65 Å². The fourth-order valence-corrected chi connectivity index (χ4v) is 0.963. The van der Waals surface area contributed by atoms with Gasteiger partial charge in [-0.2, -0.15) is 0 Å². The van der Waals surface area contributed by atoms with Gasteiger partial charge in [0.05, 0.1) is 17.4 Å². The number of rotatable bonds is 4. The summed E-state index contributed by atoms with van der Waals surface area (Å²) in [6.07, 6.45) is 3.18. The maximum atomic E-state index is 5.86. The molecule has 0 aliphatic heterocycles. The Balaban J connectivity index is 2.61. The summed E-state index contributed by atoms with van der Waals surface area (Å²) in [5, 5.41) is -0.00572. The van der Waals surface area contributed by atoms with Gasteiger partial charge in [0.2, 0.25) is 0 Å². The second kappa shape index (κ2) is 4.68. The minimum atomic E-state index is -0.249. The number of anilines is 1. The third kappa shape index (κ3) is 3.43. The van der Waals surface area contributed by atoms with Crippen LogP contribution in [0.15, 0.2) is 12.4 Å². The Morgan fingerprint density at radius 2 is 1.88 bits per heavy atom. The van der Waals surface area contributed by atoms with Crippen LogP contribution in [0.2, 0.25) is 0 Å². The van der Waals surface area contributed by atoms with Crippen LogP contribution in [0, 0.1) is 0 Å². The highest BCUT2D eigenvalue weighted by Crippen LogP contribution is 2.32. The Kier molecular flexibility index (Phi) is 3.92. The van der Waals surface area contributed by atoms with E-state index in [-0.39, 0.29) is 10.8 Å². The van der Waals surface area contributed by atoms with Gasteiger partial charge in [0.25, 0.3) is 0 Å². The van der Waals surface area contributed by atoms with Crippen molar-refractivity contribution >= 4 is 28.1 Å². The fraction of sp³-hybridized carbons (Fsp3) is 0.600. The van der Waals surface area contributed by atoms with E-state index >= 15 is 0 Å². The van der Waals surface area contributed by atoms with Gasteiger partial charge >= 0.3 is 7.48 Å². The molecule has 0 aliphatic rings. The maximum Gasteiger partial charge on any atom is 0.331 e. The van der Waals surface area contributed by atoms with Crippen LogP contribution in [0.25, 0.3) is 0 Å². The van der Waals surface area contributed by atoms with Gasteiger partial charge in [-0.15, -0.1) is 9.24 Å². The summed E-state index contributed by atoms with van der Waals surface area (Å²) in [7, 11) is 3.24. The van der Waals surface area contributed by atoms with Crippen LogP contribution in [-0.4, -0.2) is 28.2 Å². The molecule has 0 amide bonds. The normalized spacial score (nSPS) is 12.6. The lowest BCUT2D eigenvalue weighted by molar-refractivity contribution is 0.0839. The average Bonchev–Trinajstić information content (AvgIpc) is 2.15. The van der Waals surface area contributed by atoms with Gasteiger partial charge in [-0.1, -0.05) is 13.8 Å². The summed E-state index contributed by atoms with van der Waals surface area (Å²) in [4.78, 5) is 8.12. The molecular weight excluding hydrogens is 220 g/mol. The van der Waals surface area contributed by atoms with Gasteiger partial charge in [-0.3, -0.25) is 4.98 Å². The van der Waals surface area contributed by atoms with Gasteiger partial charge < -0.3 is 10.4 Å². The molecular formula is C10H19BN3OP. The van der Waals surface area contributed by atoms with Crippen molar-refractivity contribution in [2.24, 2.45) is 0 Å². The molecule has 1 heterocycles. The Morgan fingerprint density at radius 3 is 2.31 bits per heavy atom. The predicted molar refractivity (Wildman–Crippen MR) is 72.2 cm³/mol. The van der Waals surface area contributed by atoms with Gasteiger partial charge in [0.1, 0.15) is 5.82 Å². The molecule has 0 saturated carbocycles. The molecule has 0 saturated heterocycles. The van der Waals surface area contributed by atoms with Crippen LogP contribution < -0.4 is 11.3 Å². The molecule has 0 aliphatic carbocycles. The highest BCUT2D eigenvalue weighted by molar-refractivity contribution is 7.19. The Labute approximate surface area is 99.9 Å². The van der Waals surface area contributed by atoms with E-state index in [1.54, 1.807) is 6.20 Å². The lowest BCUT2D eigenvalue weighted by Gasteiger charge is -2.38. The number of hydrogen-bond acceptors (Lipinski definition) is 4. The SMILES string of the molecule is CC(C)(P)C(C)(C)OBc1cnc(N)cn1. The first-order valence-electron chi connectivity index (χ1n) is 5.21. The van der Waals surface area contributed by atoms with E-state index in [9.17, 15) is 0 Å². The first kappa shape index (κ1) is 13.4. The molecule has 0 fully saturated rings. The molecule has 0 radical (unpaired) electrons. The standard InChI is InChI=1S/C10H19BN3OP/c1-9(2,10(3,4)16)15-11-7-5-14-8(12)6-13-7/h5-6,11H,16H2,1-4H3,(H2,12,14). The molecule has 2 N–H and O–H groups in total. The van der Waals surface area contributed by atoms with Crippen LogP contribution in [0.4, 0.5) is 5.82 Å². The van der Waals surface area contributed by atoms with Crippen molar-refractivity contribution in [3.63, 3.8) is 0 Å². The van der Waals surface area contributed by atoms with E-state index in [4.69, 9.17) is 10.4 Å². The average molecular weight is 239 g/mol. The summed E-state index contributed by atoms with van der Waals surface area (Å²) in [5.41, 5.74) is 6.00. The van der Waals surface area contributed by atoms with E-state index < -0.39 is 0 Å². The zero-order valence-electron chi connectivity index (χ0n) is 10.3. The predicted octanol–water partition coefficient (Wildman–Crippen LogP) is 0.484. The van der Waals surface area contributed by atoms with Crippen LogP contribution in [0.3, 0.4) is 0 Å². The van der Waals surface area contributed by atoms with E-state index in [2.05, 4.69) is 46.9 Å². The van der Waals surface area contributed by atoms with Gasteiger partial charge in [0.15, 0.2) is 0 Å². The molecule has 6 heteroatoms. The molecule has 88 valence electrons. The molecule has 0 bridgehead atoms. The highest BCUT2D eigenvalue weighted by atomic mass is 31.0. The van der Waals surface area contributed by atoms with Crippen molar-refractivity contribution in [2.45, 2.75) is 38.5 Å². The first-order chi connectivity index (χ1) is 7.22. The van der Waals surface area contributed by atoms with E-state index in [0.717, 1.165) is 5.59 Å². The lowest BCUT2D eigenvalue weighted by Crippen LogP contribution is -2.45. The van der Waals surface area contributed by atoms with Crippen molar-refractivity contribution in [2.75, 3.05) is 5.73 Å². The fourth-order valence-electron chi connectivity index (χ4n) is 0.880. The van der Waals surface area contributed by atoms with E-state index in [0.29, 0.717) is 13.3 Å². The third-order valence-corrected chi connectivity index (χ3v) is 3.55. The van der Waals surface area contributed by atoms with Crippen LogP contribution in [0.5, 0.6) is 0 Å². The monoisotopic (exact) mass is 239 g/mol. The topological polar surface area (TPSA) is 61.0 Å². The second-order valence-electron chi connectivity index (χ2n) is 4.95. The summed E-state index contributed by atoms with van der Waals surface area (Å²) in [5.74, 6) is 0.425. The molecule has 4 nitrogen and oxygen atoms in total. The van der Waals surface area contributed by atoms with E-state index in [1.165, 1.54) is 6.20 Å². The number of nitrogens with zero attached hydrogens (tertiary/aromatic N) is 2. The highest BCUT2D eigenvalue weighted by Gasteiger charge is 2.33. The van der Waals surface area contributed by atoms with Crippen molar-refractivity contribution in [3.05, 3.63) is 12.4 Å². The minimum Gasteiger partial charge on any atom is -0.427 e. The Hall–Kier alpha value is -0.665. The Morgan fingerprint density at radius 1 is 1.25 bits per heavy atom. The van der Waals surface area contributed by atoms with Gasteiger partial charge in [-0.25, -0.2) is 4.98 Å². The number of nitrogen functional groups attached to an aromatic ring is 1. The number of aromatic nitrogens is 2. The molecule has 1 unspecified atom stereocenters. The maximum absolute atomic E-state index is 5.86. The van der Waals surface area contributed by atoms with Crippen LogP contribution >= 0.6 is 9.24 Å². The number of nitrogens with two attached hydrogens (primary N) is 1. The summed E-state index contributed by atoms with van der Waals surface area (Å²) < 4.78 is 5.86. The number of hydrogen-bond donors (Lipinski definition) is 1. The zero-order valence-corrected chi connectivity index (χ0v) is 11.5. The third-order valence-electron chi connectivity index (χ3n) is 2.86. The van der Waals surface area contributed by atoms with Crippen LogP contribution in [0.1, 0.15) is 27.7 Å². The summed E-state index contributed by atoms with van der Waals surface area (Å²) >= 11 is 0. The second-order valence-corrected chi connectivity index (χ2v) is 6.40. The van der Waals surface area contributed by atoms with Crippen molar-refractivity contribution in [1.29, 1.82) is 0 Å². The Bertz CT molecular complexity index is 348. The molecule has 0 aromatic carbocycles. The van der Waals surface area contributed by atoms with E-state index in [1.807, 2.05) is 0 Å².